The third-order valence-corrected chi connectivity index (χ3v) is 5.23. The summed E-state index contributed by atoms with van der Waals surface area (Å²) in [5.41, 5.74) is -0.113. The van der Waals surface area contributed by atoms with Gasteiger partial charge in [0.1, 0.15) is 0 Å². The number of rotatable bonds is 7. The van der Waals surface area contributed by atoms with Crippen molar-refractivity contribution in [1.82, 2.24) is 10.0 Å². The summed E-state index contributed by atoms with van der Waals surface area (Å²) in [6, 6.07) is 0.582. The molecular weight excluding hydrogens is 224 g/mol. The van der Waals surface area contributed by atoms with Gasteiger partial charge in [-0.25, -0.2) is 13.1 Å². The molecule has 16 heavy (non-hydrogen) atoms. The van der Waals surface area contributed by atoms with Crippen molar-refractivity contribution in [2.24, 2.45) is 0 Å². The largest absolute Gasteiger partial charge is 0.313 e. The molecule has 0 aromatic carbocycles. The summed E-state index contributed by atoms with van der Waals surface area (Å²) in [4.78, 5) is 0. The number of nitrogens with one attached hydrogen (secondary N) is 2. The molecule has 0 bridgehead atoms. The van der Waals surface area contributed by atoms with Gasteiger partial charge in [0.05, 0.1) is 5.75 Å². The van der Waals surface area contributed by atoms with E-state index in [0.717, 1.165) is 25.7 Å². The zero-order chi connectivity index (χ0) is 11.6. The van der Waals surface area contributed by atoms with Gasteiger partial charge in [0, 0.05) is 18.1 Å². The Morgan fingerprint density at radius 2 is 2.00 bits per heavy atom. The van der Waals surface area contributed by atoms with Crippen molar-refractivity contribution >= 4 is 10.0 Å². The van der Waals surface area contributed by atoms with E-state index in [1.54, 1.807) is 0 Å². The summed E-state index contributed by atoms with van der Waals surface area (Å²) >= 11 is 0. The fraction of sp³-hybridized carbons (Fsp3) is 1.00. The van der Waals surface area contributed by atoms with Gasteiger partial charge in [-0.15, -0.1) is 0 Å². The van der Waals surface area contributed by atoms with Crippen molar-refractivity contribution in [3.63, 3.8) is 0 Å². The molecule has 0 amide bonds. The van der Waals surface area contributed by atoms with Crippen LogP contribution < -0.4 is 10.0 Å². The van der Waals surface area contributed by atoms with Crippen LogP contribution in [0.1, 0.15) is 45.4 Å². The summed E-state index contributed by atoms with van der Waals surface area (Å²) in [5, 5.41) is 3.23. The molecule has 4 nitrogen and oxygen atoms in total. The van der Waals surface area contributed by atoms with Crippen LogP contribution in [0.2, 0.25) is 0 Å². The second-order valence-electron chi connectivity index (χ2n) is 5.14. The van der Waals surface area contributed by atoms with Crippen LogP contribution >= 0.6 is 0 Å². The first-order valence-corrected chi connectivity index (χ1v) is 7.95. The number of hydrogen-bond donors (Lipinski definition) is 2. The number of hydrogen-bond acceptors (Lipinski definition) is 3. The second kappa shape index (κ2) is 4.63. The summed E-state index contributed by atoms with van der Waals surface area (Å²) in [6.07, 6.45) is 6.45. The molecule has 0 aromatic heterocycles. The first kappa shape index (κ1) is 12.3. The van der Waals surface area contributed by atoms with Gasteiger partial charge in [0.25, 0.3) is 0 Å². The molecule has 0 spiro atoms. The smallest absolute Gasteiger partial charge is 0.213 e. The molecule has 0 aliphatic heterocycles. The Balaban J connectivity index is 1.76. The van der Waals surface area contributed by atoms with Crippen LogP contribution in [0.25, 0.3) is 0 Å². The van der Waals surface area contributed by atoms with Crippen LogP contribution in [0.15, 0.2) is 0 Å². The monoisotopic (exact) mass is 246 g/mol. The van der Waals surface area contributed by atoms with E-state index < -0.39 is 10.0 Å². The van der Waals surface area contributed by atoms with Crippen LogP contribution in [-0.2, 0) is 10.0 Å². The first-order chi connectivity index (χ1) is 7.55. The molecule has 2 fully saturated rings. The van der Waals surface area contributed by atoms with Gasteiger partial charge in [0.2, 0.25) is 10.0 Å². The number of sulfonamides is 1. The average molecular weight is 246 g/mol. The molecule has 0 saturated heterocycles. The molecule has 0 heterocycles. The Labute approximate surface area is 98.2 Å². The van der Waals surface area contributed by atoms with E-state index in [-0.39, 0.29) is 11.3 Å². The Hall–Kier alpha value is -0.130. The highest BCUT2D eigenvalue weighted by Gasteiger charge is 2.38. The second-order valence-corrected chi connectivity index (χ2v) is 6.98. The fourth-order valence-electron chi connectivity index (χ4n) is 2.20. The average Bonchev–Trinajstić information content (AvgIpc) is 2.95. The van der Waals surface area contributed by atoms with E-state index >= 15 is 0 Å². The SMILES string of the molecule is CCC1(NS(=O)(=O)CCNC2CC2)CCC1. The fourth-order valence-corrected chi connectivity index (χ4v) is 3.69. The van der Waals surface area contributed by atoms with Crippen LogP contribution in [0.3, 0.4) is 0 Å². The van der Waals surface area contributed by atoms with Gasteiger partial charge >= 0.3 is 0 Å². The van der Waals surface area contributed by atoms with Gasteiger partial charge in [-0.3, -0.25) is 0 Å². The molecule has 2 N–H and O–H groups in total. The van der Waals surface area contributed by atoms with E-state index in [2.05, 4.69) is 17.0 Å². The van der Waals surface area contributed by atoms with Gasteiger partial charge in [-0.05, 0) is 38.5 Å². The Kier molecular flexibility index (Phi) is 3.56. The molecule has 0 atom stereocenters. The van der Waals surface area contributed by atoms with Crippen molar-refractivity contribution < 1.29 is 8.42 Å². The van der Waals surface area contributed by atoms with Gasteiger partial charge in [0.15, 0.2) is 0 Å². The summed E-state index contributed by atoms with van der Waals surface area (Å²) in [7, 11) is -3.09. The van der Waals surface area contributed by atoms with E-state index in [1.165, 1.54) is 12.8 Å². The lowest BCUT2D eigenvalue weighted by Gasteiger charge is -2.41. The third-order valence-electron chi connectivity index (χ3n) is 3.74. The lowest BCUT2D eigenvalue weighted by Crippen LogP contribution is -2.54. The molecule has 2 rings (SSSR count). The highest BCUT2D eigenvalue weighted by atomic mass is 32.2. The predicted octanol–water partition coefficient (Wildman–Crippen LogP) is 0.990. The molecule has 0 aromatic rings. The third kappa shape index (κ3) is 3.18. The van der Waals surface area contributed by atoms with Crippen LogP contribution in [0, 0.1) is 0 Å². The van der Waals surface area contributed by atoms with Crippen LogP contribution in [0.4, 0.5) is 0 Å². The molecular formula is C11H22N2O2S. The normalized spacial score (nSPS) is 24.1. The highest BCUT2D eigenvalue weighted by molar-refractivity contribution is 7.89. The van der Waals surface area contributed by atoms with Crippen LogP contribution in [0.5, 0.6) is 0 Å². The summed E-state index contributed by atoms with van der Waals surface area (Å²) < 4.78 is 26.6. The molecule has 2 aliphatic rings. The van der Waals surface area contributed by atoms with Crippen molar-refractivity contribution in [2.45, 2.75) is 57.0 Å². The van der Waals surface area contributed by atoms with Crippen molar-refractivity contribution in [3.05, 3.63) is 0 Å². The maximum absolute atomic E-state index is 11.8. The molecule has 94 valence electrons. The van der Waals surface area contributed by atoms with E-state index in [0.29, 0.717) is 12.6 Å². The molecule has 2 saturated carbocycles. The molecule has 0 radical (unpaired) electrons. The minimum absolute atomic E-state index is 0.113. The van der Waals surface area contributed by atoms with E-state index in [9.17, 15) is 8.42 Å². The molecule has 5 heteroatoms. The zero-order valence-electron chi connectivity index (χ0n) is 9.96. The van der Waals surface area contributed by atoms with Gasteiger partial charge in [-0.1, -0.05) is 6.92 Å². The summed E-state index contributed by atoms with van der Waals surface area (Å²) in [5.74, 6) is 0.214. The topological polar surface area (TPSA) is 58.2 Å². The Morgan fingerprint density at radius 3 is 2.44 bits per heavy atom. The van der Waals surface area contributed by atoms with E-state index in [1.807, 2.05) is 0 Å². The molecule has 0 unspecified atom stereocenters. The lowest BCUT2D eigenvalue weighted by atomic mass is 9.76. The minimum atomic E-state index is -3.09. The first-order valence-electron chi connectivity index (χ1n) is 6.30. The van der Waals surface area contributed by atoms with Gasteiger partial charge in [-0.2, -0.15) is 0 Å². The predicted molar refractivity (Wildman–Crippen MR) is 64.8 cm³/mol. The molecule has 2 aliphatic carbocycles. The Bertz CT molecular complexity index is 326. The minimum Gasteiger partial charge on any atom is -0.313 e. The maximum Gasteiger partial charge on any atom is 0.213 e. The van der Waals surface area contributed by atoms with E-state index in [4.69, 9.17) is 0 Å². The van der Waals surface area contributed by atoms with Crippen LogP contribution in [-0.4, -0.2) is 32.3 Å². The quantitative estimate of drug-likeness (QED) is 0.704. The zero-order valence-corrected chi connectivity index (χ0v) is 10.8. The van der Waals surface area contributed by atoms with Gasteiger partial charge < -0.3 is 5.32 Å². The Morgan fingerprint density at radius 1 is 1.31 bits per heavy atom. The summed E-state index contributed by atoms with van der Waals surface area (Å²) in [6.45, 7) is 2.64. The maximum atomic E-state index is 11.8. The van der Waals surface area contributed by atoms with Crippen molar-refractivity contribution in [1.29, 1.82) is 0 Å². The standard InChI is InChI=1S/C11H22N2O2S/c1-2-11(6-3-7-11)13-16(14,15)9-8-12-10-4-5-10/h10,12-13H,2-9H2,1H3. The van der Waals surface area contributed by atoms with Crippen molar-refractivity contribution in [2.75, 3.05) is 12.3 Å². The van der Waals surface area contributed by atoms with Crippen molar-refractivity contribution in [3.8, 4) is 0 Å². The highest BCUT2D eigenvalue weighted by Crippen LogP contribution is 2.35. The lowest BCUT2D eigenvalue weighted by molar-refractivity contribution is 0.214.